The van der Waals surface area contributed by atoms with E-state index in [2.05, 4.69) is 18.7 Å². The van der Waals surface area contributed by atoms with Crippen LogP contribution in [0, 0.1) is 6.92 Å². The number of ether oxygens (including phenoxy) is 1. The number of benzene rings is 2. The molecule has 6 heteroatoms. The number of nitrogens with zero attached hydrogens (tertiary/aromatic N) is 2. The SMILES string of the molecule is CCN(CC)CCN1C(=O)C(=O)/C(=C(\O)c2ccc(C)cc2)C1c1ccc(OC(C)C)cc1. The van der Waals surface area contributed by atoms with Crippen LogP contribution in [-0.4, -0.2) is 58.9 Å². The van der Waals surface area contributed by atoms with Crippen LogP contribution in [0.4, 0.5) is 0 Å². The molecule has 1 amide bonds. The van der Waals surface area contributed by atoms with Crippen molar-refractivity contribution in [2.45, 2.75) is 46.8 Å². The lowest BCUT2D eigenvalue weighted by atomic mass is 9.95. The van der Waals surface area contributed by atoms with E-state index in [0.717, 1.165) is 24.2 Å². The summed E-state index contributed by atoms with van der Waals surface area (Å²) >= 11 is 0. The first-order valence-electron chi connectivity index (χ1n) is 11.6. The highest BCUT2D eigenvalue weighted by Gasteiger charge is 2.45. The normalized spacial score (nSPS) is 17.9. The Hall–Kier alpha value is -3.12. The first kappa shape index (κ1) is 24.5. The molecule has 0 saturated carbocycles. The van der Waals surface area contributed by atoms with Crippen LogP contribution in [0.3, 0.4) is 0 Å². The van der Waals surface area contributed by atoms with E-state index in [9.17, 15) is 14.7 Å². The Morgan fingerprint density at radius 3 is 2.18 bits per heavy atom. The third-order valence-corrected chi connectivity index (χ3v) is 5.98. The molecule has 2 aromatic carbocycles. The van der Waals surface area contributed by atoms with Gasteiger partial charge in [-0.25, -0.2) is 0 Å². The van der Waals surface area contributed by atoms with Gasteiger partial charge < -0.3 is 19.6 Å². The van der Waals surface area contributed by atoms with Crippen LogP contribution >= 0.6 is 0 Å². The summed E-state index contributed by atoms with van der Waals surface area (Å²) in [4.78, 5) is 30.0. The molecule has 1 unspecified atom stereocenters. The van der Waals surface area contributed by atoms with Gasteiger partial charge in [-0.05, 0) is 51.6 Å². The van der Waals surface area contributed by atoms with Gasteiger partial charge in [-0.15, -0.1) is 0 Å². The molecule has 1 heterocycles. The molecule has 1 atom stereocenters. The van der Waals surface area contributed by atoms with E-state index in [-0.39, 0.29) is 17.4 Å². The number of carbonyl (C=O) groups is 2. The molecule has 0 aliphatic carbocycles. The van der Waals surface area contributed by atoms with Crippen LogP contribution in [-0.2, 0) is 9.59 Å². The Balaban J connectivity index is 2.06. The van der Waals surface area contributed by atoms with Crippen molar-refractivity contribution < 1.29 is 19.4 Å². The van der Waals surface area contributed by atoms with Gasteiger partial charge in [-0.3, -0.25) is 9.59 Å². The Kier molecular flexibility index (Phi) is 7.92. The molecule has 1 N–H and O–H groups in total. The smallest absolute Gasteiger partial charge is 0.295 e. The molecule has 2 aromatic rings. The van der Waals surface area contributed by atoms with Crippen molar-refractivity contribution >= 4 is 17.4 Å². The highest BCUT2D eigenvalue weighted by Crippen LogP contribution is 2.39. The van der Waals surface area contributed by atoms with E-state index < -0.39 is 17.7 Å². The highest BCUT2D eigenvalue weighted by molar-refractivity contribution is 6.46. The van der Waals surface area contributed by atoms with Gasteiger partial charge in [0.25, 0.3) is 11.7 Å². The van der Waals surface area contributed by atoms with Crippen molar-refractivity contribution in [1.29, 1.82) is 0 Å². The third kappa shape index (κ3) is 5.45. The molecule has 1 fully saturated rings. The Morgan fingerprint density at radius 1 is 1.03 bits per heavy atom. The maximum atomic E-state index is 13.1. The molecule has 6 nitrogen and oxygen atoms in total. The van der Waals surface area contributed by atoms with Crippen molar-refractivity contribution in [3.8, 4) is 5.75 Å². The van der Waals surface area contributed by atoms with Crippen molar-refractivity contribution in [1.82, 2.24) is 9.80 Å². The van der Waals surface area contributed by atoms with Gasteiger partial charge in [0.05, 0.1) is 17.7 Å². The van der Waals surface area contributed by atoms with Gasteiger partial charge in [0.2, 0.25) is 0 Å². The minimum Gasteiger partial charge on any atom is -0.507 e. The fourth-order valence-corrected chi connectivity index (χ4v) is 4.11. The predicted octanol–water partition coefficient (Wildman–Crippen LogP) is 4.55. The minimum atomic E-state index is -0.657. The van der Waals surface area contributed by atoms with Crippen LogP contribution in [0.15, 0.2) is 54.1 Å². The number of aryl methyl sites for hydroxylation is 1. The van der Waals surface area contributed by atoms with Crippen molar-refractivity contribution in [3.05, 3.63) is 70.8 Å². The quantitative estimate of drug-likeness (QED) is 0.345. The molecule has 1 aliphatic rings. The topological polar surface area (TPSA) is 70.1 Å². The van der Waals surface area contributed by atoms with E-state index in [4.69, 9.17) is 4.74 Å². The number of hydrogen-bond acceptors (Lipinski definition) is 5. The number of aliphatic hydroxyl groups is 1. The summed E-state index contributed by atoms with van der Waals surface area (Å²) in [5.74, 6) is -0.665. The summed E-state index contributed by atoms with van der Waals surface area (Å²) in [6.07, 6.45) is 0.0390. The van der Waals surface area contributed by atoms with Crippen LogP contribution in [0.1, 0.15) is 50.4 Å². The molecule has 0 radical (unpaired) electrons. The van der Waals surface area contributed by atoms with Crippen LogP contribution in [0.2, 0.25) is 0 Å². The second kappa shape index (κ2) is 10.7. The van der Waals surface area contributed by atoms with E-state index in [1.54, 1.807) is 17.0 Å². The molecule has 0 spiro atoms. The maximum absolute atomic E-state index is 13.1. The number of likely N-dealkylation sites (tertiary alicyclic amines) is 1. The molecule has 1 saturated heterocycles. The summed E-state index contributed by atoms with van der Waals surface area (Å²) < 4.78 is 5.75. The van der Waals surface area contributed by atoms with E-state index in [1.807, 2.05) is 57.2 Å². The Labute approximate surface area is 196 Å². The van der Waals surface area contributed by atoms with Gasteiger partial charge in [0.15, 0.2) is 0 Å². The number of amides is 1. The lowest BCUT2D eigenvalue weighted by Crippen LogP contribution is -2.38. The molecular formula is C27H34N2O4. The van der Waals surface area contributed by atoms with Gasteiger partial charge in [0.1, 0.15) is 11.5 Å². The summed E-state index contributed by atoms with van der Waals surface area (Å²) in [5, 5.41) is 11.1. The molecular weight excluding hydrogens is 416 g/mol. The molecule has 33 heavy (non-hydrogen) atoms. The Morgan fingerprint density at radius 2 is 1.64 bits per heavy atom. The second-order valence-electron chi connectivity index (χ2n) is 8.62. The molecule has 0 bridgehead atoms. The van der Waals surface area contributed by atoms with E-state index >= 15 is 0 Å². The minimum absolute atomic E-state index is 0.0390. The fraction of sp³-hybridized carbons (Fsp3) is 0.407. The standard InChI is InChI=1S/C27H34N2O4/c1-6-28(7-2)16-17-29-24(20-12-14-22(15-13-20)33-18(3)4)23(26(31)27(29)32)25(30)21-10-8-19(5)9-11-21/h8-15,18,24,30H,6-7,16-17H2,1-5H3/b25-23-. The number of Topliss-reactive ketones (excluding diaryl/α,β-unsaturated/α-hetero) is 1. The average molecular weight is 451 g/mol. The summed E-state index contributed by atoms with van der Waals surface area (Å²) in [6, 6.07) is 14.0. The summed E-state index contributed by atoms with van der Waals surface area (Å²) in [5.41, 5.74) is 2.45. The van der Waals surface area contributed by atoms with Crippen LogP contribution < -0.4 is 4.74 Å². The number of hydrogen-bond donors (Lipinski definition) is 1. The Bertz CT molecular complexity index is 1010. The molecule has 176 valence electrons. The van der Waals surface area contributed by atoms with Gasteiger partial charge in [-0.2, -0.15) is 0 Å². The van der Waals surface area contributed by atoms with Crippen LogP contribution in [0.5, 0.6) is 5.75 Å². The lowest BCUT2D eigenvalue weighted by Gasteiger charge is -2.28. The number of carbonyl (C=O) groups excluding carboxylic acids is 2. The summed E-state index contributed by atoms with van der Waals surface area (Å²) in [7, 11) is 0. The number of rotatable bonds is 9. The number of ketones is 1. The number of aliphatic hydroxyl groups excluding tert-OH is 1. The monoisotopic (exact) mass is 450 g/mol. The lowest BCUT2D eigenvalue weighted by molar-refractivity contribution is -0.140. The third-order valence-electron chi connectivity index (χ3n) is 5.98. The zero-order chi connectivity index (χ0) is 24.1. The zero-order valence-corrected chi connectivity index (χ0v) is 20.2. The molecule has 3 rings (SSSR count). The first-order chi connectivity index (χ1) is 15.8. The van der Waals surface area contributed by atoms with Gasteiger partial charge >= 0.3 is 0 Å². The fourth-order valence-electron chi connectivity index (χ4n) is 4.11. The van der Waals surface area contributed by atoms with Gasteiger partial charge in [-0.1, -0.05) is 55.8 Å². The first-order valence-corrected chi connectivity index (χ1v) is 11.6. The summed E-state index contributed by atoms with van der Waals surface area (Å²) in [6.45, 7) is 12.8. The van der Waals surface area contributed by atoms with Crippen molar-refractivity contribution in [2.24, 2.45) is 0 Å². The average Bonchev–Trinajstić information content (AvgIpc) is 3.05. The van der Waals surface area contributed by atoms with E-state index in [0.29, 0.717) is 24.4 Å². The van der Waals surface area contributed by atoms with Crippen molar-refractivity contribution in [3.63, 3.8) is 0 Å². The van der Waals surface area contributed by atoms with Crippen molar-refractivity contribution in [2.75, 3.05) is 26.2 Å². The molecule has 1 aliphatic heterocycles. The largest absolute Gasteiger partial charge is 0.507 e. The highest BCUT2D eigenvalue weighted by atomic mass is 16.5. The van der Waals surface area contributed by atoms with Gasteiger partial charge in [0, 0.05) is 18.7 Å². The molecule has 0 aromatic heterocycles. The van der Waals surface area contributed by atoms with E-state index in [1.165, 1.54) is 0 Å². The zero-order valence-electron chi connectivity index (χ0n) is 20.2. The number of likely N-dealkylation sites (N-methyl/N-ethyl adjacent to an activating group) is 1. The second-order valence-corrected chi connectivity index (χ2v) is 8.62. The van der Waals surface area contributed by atoms with Crippen LogP contribution in [0.25, 0.3) is 5.76 Å². The predicted molar refractivity (Wildman–Crippen MR) is 130 cm³/mol. The maximum Gasteiger partial charge on any atom is 0.295 e.